The van der Waals surface area contributed by atoms with Crippen LogP contribution in [0, 0.1) is 5.82 Å². The van der Waals surface area contributed by atoms with Gasteiger partial charge in [-0.05, 0) is 52.0 Å². The normalized spacial score (nSPS) is 14.2. The van der Waals surface area contributed by atoms with Crippen molar-refractivity contribution in [3.63, 3.8) is 0 Å². The average Bonchev–Trinajstić information content (AvgIpc) is 2.35. The molecular weight excluding hydrogens is 273 g/mol. The van der Waals surface area contributed by atoms with Crippen LogP contribution >= 0.6 is 0 Å². The molecule has 4 N–H and O–H groups in total. The third kappa shape index (κ3) is 6.44. The summed E-state index contributed by atoms with van der Waals surface area (Å²) in [4.78, 5) is 11.7. The summed E-state index contributed by atoms with van der Waals surface area (Å²) in [6.07, 6.45) is -0.491. The lowest BCUT2D eigenvalue weighted by molar-refractivity contribution is 0.0504. The Morgan fingerprint density at radius 2 is 1.90 bits per heavy atom. The number of nitrogens with one attached hydrogen (secondary N) is 2. The van der Waals surface area contributed by atoms with Gasteiger partial charge in [-0.25, -0.2) is 9.18 Å². The molecule has 21 heavy (non-hydrogen) atoms. The fraction of sp³-hybridized carbons (Fsp3) is 0.533. The van der Waals surface area contributed by atoms with Gasteiger partial charge < -0.3 is 21.1 Å². The number of alkyl carbamates (subject to hydrolysis) is 1. The number of anilines is 1. The molecule has 1 aromatic carbocycles. The van der Waals surface area contributed by atoms with Crippen LogP contribution in [0.2, 0.25) is 0 Å². The second kappa shape index (κ2) is 7.26. The van der Waals surface area contributed by atoms with Gasteiger partial charge in [0.15, 0.2) is 0 Å². The first kappa shape index (κ1) is 17.2. The molecule has 0 aliphatic heterocycles. The van der Waals surface area contributed by atoms with Gasteiger partial charge in [-0.3, -0.25) is 0 Å². The van der Waals surface area contributed by atoms with Crippen LogP contribution < -0.4 is 16.4 Å². The zero-order valence-electron chi connectivity index (χ0n) is 12.9. The Labute approximate surface area is 125 Å². The van der Waals surface area contributed by atoms with E-state index in [-0.39, 0.29) is 17.9 Å². The molecule has 0 aromatic heterocycles. The van der Waals surface area contributed by atoms with Gasteiger partial charge in [0.25, 0.3) is 0 Å². The highest BCUT2D eigenvalue weighted by Crippen LogP contribution is 2.12. The van der Waals surface area contributed by atoms with E-state index >= 15 is 0 Å². The van der Waals surface area contributed by atoms with Crippen molar-refractivity contribution in [1.29, 1.82) is 0 Å². The maximum absolute atomic E-state index is 12.9. The van der Waals surface area contributed by atoms with E-state index < -0.39 is 11.7 Å². The van der Waals surface area contributed by atoms with Crippen molar-refractivity contribution in [2.75, 3.05) is 11.9 Å². The van der Waals surface area contributed by atoms with Crippen molar-refractivity contribution < 1.29 is 13.9 Å². The molecule has 0 saturated heterocycles. The molecule has 0 heterocycles. The number of benzene rings is 1. The first-order valence-electron chi connectivity index (χ1n) is 6.93. The molecule has 0 fully saturated rings. The summed E-state index contributed by atoms with van der Waals surface area (Å²) in [6, 6.07) is 5.54. The number of hydrogen-bond donors (Lipinski definition) is 3. The van der Waals surface area contributed by atoms with Crippen LogP contribution in [-0.2, 0) is 4.74 Å². The maximum atomic E-state index is 12.9. The van der Waals surface area contributed by atoms with Crippen LogP contribution in [0.3, 0.4) is 0 Å². The number of carbonyl (C=O) groups is 1. The molecule has 0 aliphatic carbocycles. The predicted molar refractivity (Wildman–Crippen MR) is 81.7 cm³/mol. The van der Waals surface area contributed by atoms with Crippen LogP contribution in [0.1, 0.15) is 27.7 Å². The van der Waals surface area contributed by atoms with E-state index in [0.29, 0.717) is 6.54 Å². The molecule has 1 rings (SSSR count). The summed E-state index contributed by atoms with van der Waals surface area (Å²) in [7, 11) is 0. The minimum absolute atomic E-state index is 0.192. The lowest BCUT2D eigenvalue weighted by Gasteiger charge is -2.27. The zero-order valence-corrected chi connectivity index (χ0v) is 12.9. The summed E-state index contributed by atoms with van der Waals surface area (Å²) in [6.45, 7) is 7.55. The van der Waals surface area contributed by atoms with Crippen LogP contribution in [0.5, 0.6) is 0 Å². The van der Waals surface area contributed by atoms with E-state index in [0.717, 1.165) is 5.69 Å². The fourth-order valence-corrected chi connectivity index (χ4v) is 1.74. The molecule has 0 radical (unpaired) electrons. The highest BCUT2D eigenvalue weighted by molar-refractivity contribution is 5.68. The Kier molecular flexibility index (Phi) is 5.96. The van der Waals surface area contributed by atoms with Gasteiger partial charge in [-0.1, -0.05) is 0 Å². The van der Waals surface area contributed by atoms with E-state index in [1.807, 2.05) is 6.92 Å². The smallest absolute Gasteiger partial charge is 0.407 e. The van der Waals surface area contributed by atoms with Crippen LogP contribution in [-0.4, -0.2) is 30.3 Å². The summed E-state index contributed by atoms with van der Waals surface area (Å²) in [5.74, 6) is -0.301. The standard InChI is InChI=1S/C15H24FN3O2/c1-10(18-14(20)21-15(2,3)4)13(9-17)19-12-7-5-11(16)6-8-12/h5-8,10,13,19H,9,17H2,1-4H3,(H,18,20). The van der Waals surface area contributed by atoms with Gasteiger partial charge in [0, 0.05) is 12.2 Å². The second-order valence-electron chi connectivity index (χ2n) is 5.93. The molecule has 1 amide bonds. The highest BCUT2D eigenvalue weighted by Gasteiger charge is 2.21. The van der Waals surface area contributed by atoms with Gasteiger partial charge in [-0.15, -0.1) is 0 Å². The van der Waals surface area contributed by atoms with Gasteiger partial charge in [0.05, 0.1) is 12.1 Å². The number of amides is 1. The molecule has 6 heteroatoms. The van der Waals surface area contributed by atoms with E-state index in [4.69, 9.17) is 10.5 Å². The third-order valence-electron chi connectivity index (χ3n) is 2.80. The van der Waals surface area contributed by atoms with Gasteiger partial charge in [-0.2, -0.15) is 0 Å². The lowest BCUT2D eigenvalue weighted by Crippen LogP contribution is -2.49. The summed E-state index contributed by atoms with van der Waals surface area (Å²) in [5, 5.41) is 5.90. The van der Waals surface area contributed by atoms with Crippen molar-refractivity contribution in [1.82, 2.24) is 5.32 Å². The monoisotopic (exact) mass is 297 g/mol. The van der Waals surface area contributed by atoms with Gasteiger partial charge >= 0.3 is 6.09 Å². The Balaban J connectivity index is 2.58. The van der Waals surface area contributed by atoms with E-state index in [2.05, 4.69) is 10.6 Å². The Bertz CT molecular complexity index is 457. The van der Waals surface area contributed by atoms with E-state index in [1.165, 1.54) is 12.1 Å². The quantitative estimate of drug-likeness (QED) is 0.780. The molecule has 0 aliphatic rings. The molecular formula is C15H24FN3O2. The third-order valence-corrected chi connectivity index (χ3v) is 2.80. The van der Waals surface area contributed by atoms with Crippen molar-refractivity contribution >= 4 is 11.8 Å². The lowest BCUT2D eigenvalue weighted by atomic mass is 10.1. The van der Waals surface area contributed by atoms with Crippen molar-refractivity contribution in [2.45, 2.75) is 45.4 Å². The first-order valence-corrected chi connectivity index (χ1v) is 6.93. The maximum Gasteiger partial charge on any atom is 0.407 e. The molecule has 118 valence electrons. The summed E-state index contributed by atoms with van der Waals surface area (Å²) < 4.78 is 18.1. The number of rotatable bonds is 5. The van der Waals surface area contributed by atoms with Crippen LogP contribution in [0.25, 0.3) is 0 Å². The van der Waals surface area contributed by atoms with E-state index in [1.54, 1.807) is 32.9 Å². The predicted octanol–water partition coefficient (Wildman–Crippen LogP) is 2.48. The molecule has 0 saturated carbocycles. The average molecular weight is 297 g/mol. The Morgan fingerprint density at radius 3 is 2.38 bits per heavy atom. The number of halogens is 1. The van der Waals surface area contributed by atoms with E-state index in [9.17, 15) is 9.18 Å². The first-order chi connectivity index (χ1) is 9.71. The highest BCUT2D eigenvalue weighted by atomic mass is 19.1. The Hall–Kier alpha value is -1.82. The van der Waals surface area contributed by atoms with Gasteiger partial charge in [0.1, 0.15) is 11.4 Å². The fourth-order valence-electron chi connectivity index (χ4n) is 1.74. The number of carbonyl (C=O) groups excluding carboxylic acids is 1. The SMILES string of the molecule is CC(NC(=O)OC(C)(C)C)C(CN)Nc1ccc(F)cc1. The molecule has 0 bridgehead atoms. The molecule has 5 nitrogen and oxygen atoms in total. The second-order valence-corrected chi connectivity index (χ2v) is 5.93. The van der Waals surface area contributed by atoms with Crippen molar-refractivity contribution in [3.05, 3.63) is 30.1 Å². The van der Waals surface area contributed by atoms with Crippen molar-refractivity contribution in [3.8, 4) is 0 Å². The van der Waals surface area contributed by atoms with Crippen molar-refractivity contribution in [2.24, 2.45) is 5.73 Å². The molecule has 1 aromatic rings. The minimum Gasteiger partial charge on any atom is -0.444 e. The number of hydrogen-bond acceptors (Lipinski definition) is 4. The molecule has 2 atom stereocenters. The van der Waals surface area contributed by atoms with Gasteiger partial charge in [0.2, 0.25) is 0 Å². The topological polar surface area (TPSA) is 76.4 Å². The molecule has 0 spiro atoms. The number of ether oxygens (including phenoxy) is 1. The largest absolute Gasteiger partial charge is 0.444 e. The Morgan fingerprint density at radius 1 is 1.33 bits per heavy atom. The summed E-state index contributed by atoms with van der Waals surface area (Å²) >= 11 is 0. The number of nitrogens with two attached hydrogens (primary N) is 1. The molecule has 2 unspecified atom stereocenters. The summed E-state index contributed by atoms with van der Waals surface area (Å²) in [5.41, 5.74) is 5.92. The van der Waals surface area contributed by atoms with Crippen LogP contribution in [0.15, 0.2) is 24.3 Å². The minimum atomic E-state index is -0.549. The zero-order chi connectivity index (χ0) is 16.0. The van der Waals surface area contributed by atoms with Crippen LogP contribution in [0.4, 0.5) is 14.9 Å².